The van der Waals surface area contributed by atoms with Crippen molar-refractivity contribution in [2.75, 3.05) is 11.9 Å². The minimum Gasteiger partial charge on any atom is -0.333 e. The van der Waals surface area contributed by atoms with Crippen LogP contribution in [0.25, 0.3) is 0 Å². The number of non-ortho nitro benzene ring substituents is 1. The Bertz CT molecular complexity index is 751. The van der Waals surface area contributed by atoms with Crippen molar-refractivity contribution in [1.82, 2.24) is 0 Å². The number of benzene rings is 2. The molecule has 0 aliphatic rings. The first-order valence-electron chi connectivity index (χ1n) is 7.19. The van der Waals surface area contributed by atoms with E-state index < -0.39 is 16.6 Å². The summed E-state index contributed by atoms with van der Waals surface area (Å²) in [5.41, 5.74) is 0.947. The molecule has 2 aromatic carbocycles. The Labute approximate surface area is 136 Å². The van der Waals surface area contributed by atoms with E-state index in [9.17, 15) is 23.7 Å². The van der Waals surface area contributed by atoms with E-state index in [0.717, 1.165) is 12.1 Å². The molecule has 0 aromatic heterocycles. The van der Waals surface area contributed by atoms with Crippen molar-refractivity contribution in [3.8, 4) is 0 Å². The molecular formula is C16H16F2N3O3+. The van der Waals surface area contributed by atoms with Crippen molar-refractivity contribution in [1.29, 1.82) is 0 Å². The fraction of sp³-hybridized carbons (Fsp3) is 0.188. The molecular weight excluding hydrogens is 320 g/mol. The number of hydrogen-bond acceptors (Lipinski definition) is 3. The van der Waals surface area contributed by atoms with Gasteiger partial charge in [0.25, 0.3) is 11.6 Å². The Morgan fingerprint density at radius 3 is 2.46 bits per heavy atom. The fourth-order valence-electron chi connectivity index (χ4n) is 2.09. The summed E-state index contributed by atoms with van der Waals surface area (Å²) < 4.78 is 26.1. The van der Waals surface area contributed by atoms with E-state index in [1.54, 1.807) is 12.2 Å². The number of rotatable bonds is 6. The summed E-state index contributed by atoms with van der Waals surface area (Å²) in [7, 11) is 0. The second-order valence-corrected chi connectivity index (χ2v) is 5.25. The highest BCUT2D eigenvalue weighted by molar-refractivity contribution is 5.91. The van der Waals surface area contributed by atoms with E-state index in [-0.39, 0.29) is 24.2 Å². The normalized spacial score (nSPS) is 11.8. The number of carbonyl (C=O) groups is 1. The molecule has 0 radical (unpaired) electrons. The smallest absolute Gasteiger partial charge is 0.279 e. The van der Waals surface area contributed by atoms with Crippen LogP contribution in [0.3, 0.4) is 0 Å². The van der Waals surface area contributed by atoms with Gasteiger partial charge in [0.05, 0.1) is 4.92 Å². The van der Waals surface area contributed by atoms with E-state index >= 15 is 0 Å². The monoisotopic (exact) mass is 336 g/mol. The van der Waals surface area contributed by atoms with Crippen LogP contribution in [0.2, 0.25) is 0 Å². The Morgan fingerprint density at radius 2 is 1.88 bits per heavy atom. The predicted octanol–water partition coefficient (Wildman–Crippen LogP) is 2.14. The number of halogens is 2. The highest BCUT2D eigenvalue weighted by atomic mass is 19.2. The minimum atomic E-state index is -0.928. The first-order valence-corrected chi connectivity index (χ1v) is 7.19. The van der Waals surface area contributed by atoms with Crippen molar-refractivity contribution in [2.45, 2.75) is 13.0 Å². The zero-order valence-electron chi connectivity index (χ0n) is 12.8. The number of quaternary nitrogens is 1. The Kier molecular flexibility index (Phi) is 5.54. The molecule has 24 heavy (non-hydrogen) atoms. The third-order valence-electron chi connectivity index (χ3n) is 3.49. The lowest BCUT2D eigenvalue weighted by Crippen LogP contribution is -2.86. The summed E-state index contributed by atoms with van der Waals surface area (Å²) in [6.07, 6.45) is 0. The van der Waals surface area contributed by atoms with E-state index in [0.29, 0.717) is 11.3 Å². The highest BCUT2D eigenvalue weighted by Crippen LogP contribution is 2.15. The van der Waals surface area contributed by atoms with Crippen LogP contribution in [0.4, 0.5) is 20.2 Å². The van der Waals surface area contributed by atoms with Crippen LogP contribution in [0, 0.1) is 21.7 Å². The second-order valence-electron chi connectivity index (χ2n) is 5.25. The molecule has 0 aliphatic carbocycles. The van der Waals surface area contributed by atoms with Gasteiger partial charge in [-0.25, -0.2) is 8.78 Å². The quantitative estimate of drug-likeness (QED) is 0.626. The zero-order valence-corrected chi connectivity index (χ0v) is 12.8. The molecule has 2 aromatic rings. The Balaban J connectivity index is 1.88. The van der Waals surface area contributed by atoms with Gasteiger partial charge in [-0.1, -0.05) is 0 Å². The topological polar surface area (TPSA) is 88.8 Å². The maximum Gasteiger partial charge on any atom is 0.279 e. The van der Waals surface area contributed by atoms with Gasteiger partial charge in [-0.3, -0.25) is 14.9 Å². The number of anilines is 1. The lowest BCUT2D eigenvalue weighted by Gasteiger charge is -2.11. The van der Waals surface area contributed by atoms with Crippen molar-refractivity contribution in [2.24, 2.45) is 0 Å². The summed E-state index contributed by atoms with van der Waals surface area (Å²) >= 11 is 0. The third kappa shape index (κ3) is 4.56. The van der Waals surface area contributed by atoms with Gasteiger partial charge in [0.2, 0.25) is 0 Å². The van der Waals surface area contributed by atoms with Crippen LogP contribution < -0.4 is 10.6 Å². The summed E-state index contributed by atoms with van der Waals surface area (Å²) in [5.74, 6) is -2.15. The number of nitrogens with two attached hydrogens (primary N) is 1. The van der Waals surface area contributed by atoms with Crippen LogP contribution in [-0.2, 0) is 4.79 Å². The standard InChI is InChI=1S/C16H15F2N3O3/c1-10(11-2-7-14(17)15(18)8-11)19-9-16(22)20-12-3-5-13(6-4-12)21(23)24/h2-8,10,19H,9H2,1H3,(H,20,22)/p+1/t10-/m0/s1. The largest absolute Gasteiger partial charge is 0.333 e. The van der Waals surface area contributed by atoms with E-state index in [1.807, 2.05) is 0 Å². The van der Waals surface area contributed by atoms with Gasteiger partial charge in [0, 0.05) is 23.4 Å². The van der Waals surface area contributed by atoms with Crippen LogP contribution in [0.5, 0.6) is 0 Å². The average Bonchev–Trinajstić information content (AvgIpc) is 2.55. The van der Waals surface area contributed by atoms with Crippen LogP contribution >= 0.6 is 0 Å². The molecule has 0 fully saturated rings. The van der Waals surface area contributed by atoms with E-state index in [1.165, 1.54) is 30.3 Å². The number of nitrogens with zero attached hydrogens (tertiary/aromatic N) is 1. The molecule has 0 aliphatic heterocycles. The van der Waals surface area contributed by atoms with Gasteiger partial charge in [0.15, 0.2) is 18.2 Å². The lowest BCUT2D eigenvalue weighted by atomic mass is 10.1. The van der Waals surface area contributed by atoms with Gasteiger partial charge in [-0.2, -0.15) is 0 Å². The fourth-order valence-corrected chi connectivity index (χ4v) is 2.09. The highest BCUT2D eigenvalue weighted by Gasteiger charge is 2.14. The summed E-state index contributed by atoms with van der Waals surface area (Å²) in [6, 6.07) is 8.85. The second kappa shape index (κ2) is 7.60. The average molecular weight is 336 g/mol. The molecule has 1 amide bonds. The molecule has 0 spiro atoms. The van der Waals surface area contributed by atoms with Crippen molar-refractivity contribution >= 4 is 17.3 Å². The number of nitrogens with one attached hydrogen (secondary N) is 1. The molecule has 0 heterocycles. The van der Waals surface area contributed by atoms with E-state index in [2.05, 4.69) is 5.32 Å². The number of hydrogen-bond donors (Lipinski definition) is 2. The first kappa shape index (κ1) is 17.5. The Hall–Kier alpha value is -2.87. The number of nitro benzene ring substituents is 1. The molecule has 126 valence electrons. The molecule has 0 unspecified atom stereocenters. The minimum absolute atomic E-state index is 0.0634. The van der Waals surface area contributed by atoms with Gasteiger partial charge in [-0.05, 0) is 37.3 Å². The predicted molar refractivity (Wildman–Crippen MR) is 83.3 cm³/mol. The summed E-state index contributed by atoms with van der Waals surface area (Å²) in [5, 5.41) is 14.8. The molecule has 6 nitrogen and oxygen atoms in total. The molecule has 0 saturated heterocycles. The van der Waals surface area contributed by atoms with Crippen molar-refractivity contribution < 1.29 is 23.8 Å². The zero-order chi connectivity index (χ0) is 17.7. The lowest BCUT2D eigenvalue weighted by molar-refractivity contribution is -0.682. The molecule has 1 atom stereocenters. The number of nitro groups is 1. The summed E-state index contributed by atoms with van der Waals surface area (Å²) in [6.45, 7) is 1.84. The maximum absolute atomic E-state index is 13.2. The number of carbonyl (C=O) groups excluding carboxylic acids is 1. The Morgan fingerprint density at radius 1 is 1.21 bits per heavy atom. The molecule has 2 rings (SSSR count). The maximum atomic E-state index is 13.2. The van der Waals surface area contributed by atoms with E-state index in [4.69, 9.17) is 0 Å². The molecule has 8 heteroatoms. The SMILES string of the molecule is C[C@H]([NH2+]CC(=O)Nc1ccc([N+](=O)[O-])cc1)c1ccc(F)c(F)c1. The number of amides is 1. The van der Waals surface area contributed by atoms with Crippen molar-refractivity contribution in [3.63, 3.8) is 0 Å². The van der Waals surface area contributed by atoms with Crippen LogP contribution in [-0.4, -0.2) is 17.4 Å². The third-order valence-corrected chi connectivity index (χ3v) is 3.49. The molecule has 3 N–H and O–H groups in total. The first-order chi connectivity index (χ1) is 11.4. The van der Waals surface area contributed by atoms with Gasteiger partial charge >= 0.3 is 0 Å². The summed E-state index contributed by atoms with van der Waals surface area (Å²) in [4.78, 5) is 21.9. The van der Waals surface area contributed by atoms with Crippen LogP contribution in [0.1, 0.15) is 18.5 Å². The van der Waals surface area contributed by atoms with Crippen LogP contribution in [0.15, 0.2) is 42.5 Å². The van der Waals surface area contributed by atoms with Gasteiger partial charge in [-0.15, -0.1) is 0 Å². The van der Waals surface area contributed by atoms with Gasteiger partial charge < -0.3 is 10.6 Å². The van der Waals surface area contributed by atoms with Crippen molar-refractivity contribution in [3.05, 3.63) is 69.8 Å². The molecule has 0 bridgehead atoms. The van der Waals surface area contributed by atoms with Gasteiger partial charge in [0.1, 0.15) is 6.04 Å². The molecule has 0 saturated carbocycles.